The van der Waals surface area contributed by atoms with Crippen LogP contribution in [0, 0.1) is 5.41 Å². The Bertz CT molecular complexity index is 410. The second-order valence-corrected chi connectivity index (χ2v) is 5.30. The Morgan fingerprint density at radius 1 is 1.50 bits per heavy atom. The largest absolute Gasteiger partial charge is 0.409 e. The number of hydrogen-bond donors (Lipinski definition) is 3. The number of nitrogens with two attached hydrogens (primary N) is 1. The molecule has 0 radical (unpaired) electrons. The third-order valence-electron chi connectivity index (χ3n) is 4.16. The molecule has 0 aromatic rings. The van der Waals surface area contributed by atoms with E-state index in [9.17, 15) is 9.59 Å². The quantitative estimate of drug-likeness (QED) is 0.298. The molecule has 1 aliphatic rings. The van der Waals surface area contributed by atoms with Gasteiger partial charge in [0.25, 0.3) is 0 Å². The molecule has 4 N–H and O–H groups in total. The van der Waals surface area contributed by atoms with Gasteiger partial charge in [0.1, 0.15) is 11.5 Å². The highest BCUT2D eigenvalue weighted by Gasteiger charge is 2.43. The Kier molecular flexibility index (Phi) is 5.35. The summed E-state index contributed by atoms with van der Waals surface area (Å²) in [6.45, 7) is 3.96. The zero-order valence-corrected chi connectivity index (χ0v) is 12.3. The van der Waals surface area contributed by atoms with E-state index in [1.165, 1.54) is 0 Å². The molecule has 0 aliphatic carbocycles. The number of oxime groups is 1. The van der Waals surface area contributed by atoms with Gasteiger partial charge in [-0.2, -0.15) is 0 Å². The van der Waals surface area contributed by atoms with Gasteiger partial charge in [0.05, 0.1) is 0 Å². The van der Waals surface area contributed by atoms with E-state index in [1.807, 2.05) is 0 Å². The number of carbonyl (C=O) groups excluding carboxylic acids is 2. The Labute approximate surface area is 119 Å². The summed E-state index contributed by atoms with van der Waals surface area (Å²) in [5, 5.41) is 14.5. The molecule has 20 heavy (non-hydrogen) atoms. The first-order valence-corrected chi connectivity index (χ1v) is 6.93. The van der Waals surface area contributed by atoms with E-state index >= 15 is 0 Å². The number of nitrogens with one attached hydrogen (secondary N) is 1. The number of likely N-dealkylation sites (tertiary alicyclic amines) is 1. The van der Waals surface area contributed by atoms with Crippen molar-refractivity contribution in [3.05, 3.63) is 0 Å². The molecule has 1 rings (SSSR count). The van der Waals surface area contributed by atoms with Crippen molar-refractivity contribution >= 4 is 17.6 Å². The predicted octanol–water partition coefficient (Wildman–Crippen LogP) is 0.276. The summed E-state index contributed by atoms with van der Waals surface area (Å²) < 4.78 is 0. The van der Waals surface area contributed by atoms with Gasteiger partial charge in [0.15, 0.2) is 5.84 Å². The summed E-state index contributed by atoms with van der Waals surface area (Å²) in [7, 11) is 1.56. The van der Waals surface area contributed by atoms with Crippen LogP contribution >= 0.6 is 0 Å². The molecule has 0 bridgehead atoms. The van der Waals surface area contributed by atoms with Gasteiger partial charge in [-0.25, -0.2) is 0 Å². The molecule has 2 atom stereocenters. The number of carbonyl (C=O) groups is 2. The van der Waals surface area contributed by atoms with Gasteiger partial charge in [-0.15, -0.1) is 0 Å². The first kappa shape index (κ1) is 16.3. The normalized spacial score (nSPS) is 23.1. The summed E-state index contributed by atoms with van der Waals surface area (Å²) in [5.74, 6) is -0.550. The molecule has 7 nitrogen and oxygen atoms in total. The van der Waals surface area contributed by atoms with Crippen LogP contribution in [0.15, 0.2) is 5.16 Å². The molecule has 1 aliphatic heterocycles. The van der Waals surface area contributed by atoms with Crippen LogP contribution in [0.2, 0.25) is 0 Å². The maximum Gasteiger partial charge on any atom is 0.242 e. The highest BCUT2D eigenvalue weighted by molar-refractivity contribution is 6.07. The highest BCUT2D eigenvalue weighted by atomic mass is 16.4. The average molecular weight is 284 g/mol. The fourth-order valence-electron chi connectivity index (χ4n) is 2.48. The monoisotopic (exact) mass is 284 g/mol. The van der Waals surface area contributed by atoms with Gasteiger partial charge in [-0.3, -0.25) is 9.59 Å². The standard InChI is InChI=1S/C13H24N4O3/c1-4-13(2,11(14)16-20)12(19)17-8-6-5-7-9(17)10(18)15-3/h9,20H,4-8H2,1-3H3,(H2,14,16)(H,15,18). The second kappa shape index (κ2) is 6.58. The number of nitrogens with zero attached hydrogens (tertiary/aromatic N) is 2. The van der Waals surface area contributed by atoms with Crippen molar-refractivity contribution < 1.29 is 14.8 Å². The summed E-state index contributed by atoms with van der Waals surface area (Å²) >= 11 is 0. The van der Waals surface area contributed by atoms with E-state index in [0.29, 0.717) is 19.4 Å². The van der Waals surface area contributed by atoms with Crippen LogP contribution in [0.1, 0.15) is 39.5 Å². The molecule has 0 spiro atoms. The third kappa shape index (κ3) is 2.86. The molecule has 1 fully saturated rings. The Hall–Kier alpha value is -1.79. The topological polar surface area (TPSA) is 108 Å². The van der Waals surface area contributed by atoms with Crippen LogP contribution in [-0.4, -0.2) is 47.4 Å². The molecule has 7 heteroatoms. The van der Waals surface area contributed by atoms with Crippen molar-refractivity contribution in [2.24, 2.45) is 16.3 Å². The van der Waals surface area contributed by atoms with E-state index in [-0.39, 0.29) is 17.6 Å². The summed E-state index contributed by atoms with van der Waals surface area (Å²) in [5.41, 5.74) is 4.59. The lowest BCUT2D eigenvalue weighted by Gasteiger charge is -2.39. The van der Waals surface area contributed by atoms with Crippen molar-refractivity contribution in [1.82, 2.24) is 10.2 Å². The number of piperidine rings is 1. The Morgan fingerprint density at radius 3 is 2.65 bits per heavy atom. The summed E-state index contributed by atoms with van der Waals surface area (Å²) in [6.07, 6.45) is 2.81. The SMILES string of the molecule is CCC(C)(C(=O)N1CCCCC1C(=O)NC)C(N)=NO. The van der Waals surface area contributed by atoms with Gasteiger partial charge < -0.3 is 21.2 Å². The fourth-order valence-corrected chi connectivity index (χ4v) is 2.48. The minimum Gasteiger partial charge on any atom is -0.409 e. The molecule has 0 saturated carbocycles. The third-order valence-corrected chi connectivity index (χ3v) is 4.16. The van der Waals surface area contributed by atoms with Gasteiger partial charge in [-0.05, 0) is 32.6 Å². The molecular weight excluding hydrogens is 260 g/mol. The number of likely N-dealkylation sites (N-methyl/N-ethyl adjacent to an activating group) is 1. The van der Waals surface area contributed by atoms with E-state index in [2.05, 4.69) is 10.5 Å². The van der Waals surface area contributed by atoms with E-state index in [4.69, 9.17) is 10.9 Å². The maximum atomic E-state index is 12.8. The van der Waals surface area contributed by atoms with Crippen molar-refractivity contribution in [3.63, 3.8) is 0 Å². The van der Waals surface area contributed by atoms with Crippen molar-refractivity contribution in [2.75, 3.05) is 13.6 Å². The van der Waals surface area contributed by atoms with Gasteiger partial charge in [-0.1, -0.05) is 12.1 Å². The smallest absolute Gasteiger partial charge is 0.242 e. The van der Waals surface area contributed by atoms with E-state index in [1.54, 1.807) is 25.8 Å². The average Bonchev–Trinajstić information content (AvgIpc) is 2.51. The Morgan fingerprint density at radius 2 is 2.15 bits per heavy atom. The lowest BCUT2D eigenvalue weighted by atomic mass is 9.83. The molecular formula is C13H24N4O3. The maximum absolute atomic E-state index is 12.8. The molecule has 0 aromatic carbocycles. The van der Waals surface area contributed by atoms with Crippen LogP contribution in [0.5, 0.6) is 0 Å². The number of rotatable bonds is 4. The van der Waals surface area contributed by atoms with Crippen LogP contribution in [0.4, 0.5) is 0 Å². The second-order valence-electron chi connectivity index (χ2n) is 5.30. The molecule has 1 saturated heterocycles. The Balaban J connectivity index is 3.05. The van der Waals surface area contributed by atoms with E-state index in [0.717, 1.165) is 12.8 Å². The predicted molar refractivity (Wildman–Crippen MR) is 75.2 cm³/mol. The zero-order chi connectivity index (χ0) is 15.3. The minimum absolute atomic E-state index is 0.119. The first-order valence-electron chi connectivity index (χ1n) is 6.93. The van der Waals surface area contributed by atoms with Crippen molar-refractivity contribution in [1.29, 1.82) is 0 Å². The molecule has 0 aromatic heterocycles. The zero-order valence-electron chi connectivity index (χ0n) is 12.3. The molecule has 2 amide bonds. The van der Waals surface area contributed by atoms with Gasteiger partial charge in [0.2, 0.25) is 11.8 Å². The number of hydrogen-bond acceptors (Lipinski definition) is 4. The van der Waals surface area contributed by atoms with Crippen molar-refractivity contribution in [3.8, 4) is 0 Å². The molecule has 1 heterocycles. The van der Waals surface area contributed by atoms with Gasteiger partial charge >= 0.3 is 0 Å². The molecule has 114 valence electrons. The van der Waals surface area contributed by atoms with Crippen LogP contribution < -0.4 is 11.1 Å². The van der Waals surface area contributed by atoms with Gasteiger partial charge in [0, 0.05) is 13.6 Å². The lowest BCUT2D eigenvalue weighted by Crippen LogP contribution is -2.57. The summed E-state index contributed by atoms with van der Waals surface area (Å²) in [4.78, 5) is 26.2. The van der Waals surface area contributed by atoms with Crippen LogP contribution in [0.3, 0.4) is 0 Å². The van der Waals surface area contributed by atoms with E-state index < -0.39 is 11.5 Å². The van der Waals surface area contributed by atoms with Crippen molar-refractivity contribution in [2.45, 2.75) is 45.6 Å². The first-order chi connectivity index (χ1) is 9.42. The minimum atomic E-state index is -1.08. The summed E-state index contributed by atoms with van der Waals surface area (Å²) in [6, 6.07) is -0.474. The van der Waals surface area contributed by atoms with Crippen LogP contribution in [0.25, 0.3) is 0 Å². The van der Waals surface area contributed by atoms with Crippen LogP contribution in [-0.2, 0) is 9.59 Å². The lowest BCUT2D eigenvalue weighted by molar-refractivity contribution is -0.147. The molecule has 2 unspecified atom stereocenters. The number of amidine groups is 1. The highest BCUT2D eigenvalue weighted by Crippen LogP contribution is 2.29. The fraction of sp³-hybridized carbons (Fsp3) is 0.769. The number of amides is 2.